The maximum absolute atomic E-state index is 9.53. The summed E-state index contributed by atoms with van der Waals surface area (Å²) in [6, 6.07) is 0. The third-order valence-electron chi connectivity index (χ3n) is 3.39. The Kier molecular flexibility index (Phi) is 3.85. The predicted molar refractivity (Wildman–Crippen MR) is 61.8 cm³/mol. The molecule has 4 nitrogen and oxygen atoms in total. The highest BCUT2D eigenvalue weighted by Crippen LogP contribution is 2.27. The van der Waals surface area contributed by atoms with Crippen molar-refractivity contribution in [1.29, 1.82) is 0 Å². The van der Waals surface area contributed by atoms with Crippen LogP contribution in [-0.4, -0.2) is 27.2 Å². The highest BCUT2D eigenvalue weighted by molar-refractivity contribution is 5.03. The predicted octanol–water partition coefficient (Wildman–Crippen LogP) is 1.26. The molecule has 0 amide bonds. The first-order valence-electron chi connectivity index (χ1n) is 5.94. The van der Waals surface area contributed by atoms with Crippen molar-refractivity contribution in [1.82, 2.24) is 15.3 Å². The molecule has 1 aliphatic carbocycles. The Morgan fingerprint density at radius 3 is 2.50 bits per heavy atom. The number of aliphatic hydroxyl groups excluding tert-OH is 1. The van der Waals surface area contributed by atoms with E-state index in [0.717, 1.165) is 24.9 Å². The third kappa shape index (κ3) is 2.77. The number of nitrogens with zero attached hydrogens (tertiary/aromatic N) is 2. The van der Waals surface area contributed by atoms with Gasteiger partial charge in [0.1, 0.15) is 6.33 Å². The van der Waals surface area contributed by atoms with Crippen LogP contribution in [0.15, 0.2) is 18.7 Å². The molecular weight excluding hydrogens is 202 g/mol. The van der Waals surface area contributed by atoms with Gasteiger partial charge in [-0.25, -0.2) is 9.97 Å². The summed E-state index contributed by atoms with van der Waals surface area (Å²) in [7, 11) is 0. The first kappa shape index (κ1) is 11.5. The summed E-state index contributed by atoms with van der Waals surface area (Å²) in [6.45, 7) is 0.960. The quantitative estimate of drug-likeness (QED) is 0.803. The van der Waals surface area contributed by atoms with Crippen molar-refractivity contribution in [3.63, 3.8) is 0 Å². The summed E-state index contributed by atoms with van der Waals surface area (Å²) < 4.78 is 0. The van der Waals surface area contributed by atoms with Gasteiger partial charge >= 0.3 is 0 Å². The molecule has 1 aromatic rings. The van der Waals surface area contributed by atoms with Crippen molar-refractivity contribution in [2.24, 2.45) is 0 Å². The zero-order valence-electron chi connectivity index (χ0n) is 9.52. The zero-order chi connectivity index (χ0) is 11.3. The van der Waals surface area contributed by atoms with Crippen LogP contribution in [0.1, 0.15) is 37.7 Å². The second-order valence-corrected chi connectivity index (χ2v) is 4.60. The molecule has 0 radical (unpaired) electrons. The van der Waals surface area contributed by atoms with Crippen LogP contribution in [-0.2, 0) is 6.54 Å². The number of hydrogen-bond donors (Lipinski definition) is 2. The van der Waals surface area contributed by atoms with E-state index in [1.54, 1.807) is 0 Å². The van der Waals surface area contributed by atoms with Gasteiger partial charge in [-0.2, -0.15) is 0 Å². The van der Waals surface area contributed by atoms with Gasteiger partial charge in [-0.05, 0) is 12.8 Å². The number of aliphatic hydroxyl groups is 1. The largest absolute Gasteiger partial charge is 0.394 e. The standard InChI is InChI=1S/C12H19N3O/c16-9-12(4-2-1-3-5-12)15-8-11-6-13-10-14-7-11/h6-7,10,15-16H,1-5,8-9H2. The van der Waals surface area contributed by atoms with E-state index in [1.165, 1.54) is 25.6 Å². The van der Waals surface area contributed by atoms with Gasteiger partial charge in [0, 0.05) is 30.0 Å². The molecule has 2 rings (SSSR count). The first-order chi connectivity index (χ1) is 7.85. The summed E-state index contributed by atoms with van der Waals surface area (Å²) in [5.74, 6) is 0. The molecule has 0 aromatic carbocycles. The second-order valence-electron chi connectivity index (χ2n) is 4.60. The van der Waals surface area contributed by atoms with E-state index in [2.05, 4.69) is 15.3 Å². The van der Waals surface area contributed by atoms with Gasteiger partial charge in [0.25, 0.3) is 0 Å². The van der Waals surface area contributed by atoms with E-state index >= 15 is 0 Å². The van der Waals surface area contributed by atoms with Gasteiger partial charge in [0.15, 0.2) is 0 Å². The minimum Gasteiger partial charge on any atom is -0.394 e. The van der Waals surface area contributed by atoms with Crippen LogP contribution in [0.2, 0.25) is 0 Å². The van der Waals surface area contributed by atoms with Crippen LogP contribution in [0, 0.1) is 0 Å². The highest BCUT2D eigenvalue weighted by Gasteiger charge is 2.30. The van der Waals surface area contributed by atoms with Crippen LogP contribution in [0.5, 0.6) is 0 Å². The van der Waals surface area contributed by atoms with Crippen molar-refractivity contribution >= 4 is 0 Å². The van der Waals surface area contributed by atoms with E-state index < -0.39 is 0 Å². The molecule has 1 aromatic heterocycles. The van der Waals surface area contributed by atoms with Crippen LogP contribution in [0.3, 0.4) is 0 Å². The molecule has 1 heterocycles. The number of nitrogens with one attached hydrogen (secondary N) is 1. The third-order valence-corrected chi connectivity index (χ3v) is 3.39. The Morgan fingerprint density at radius 1 is 1.19 bits per heavy atom. The Bertz CT molecular complexity index is 309. The van der Waals surface area contributed by atoms with Crippen molar-refractivity contribution in [2.45, 2.75) is 44.2 Å². The van der Waals surface area contributed by atoms with E-state index in [4.69, 9.17) is 0 Å². The van der Waals surface area contributed by atoms with E-state index in [0.29, 0.717) is 0 Å². The topological polar surface area (TPSA) is 58.0 Å². The lowest BCUT2D eigenvalue weighted by molar-refractivity contribution is 0.119. The lowest BCUT2D eigenvalue weighted by atomic mass is 9.82. The fourth-order valence-corrected chi connectivity index (χ4v) is 2.33. The molecule has 1 aliphatic rings. The van der Waals surface area contributed by atoms with Crippen LogP contribution < -0.4 is 5.32 Å². The normalized spacial score (nSPS) is 19.6. The molecule has 88 valence electrons. The summed E-state index contributed by atoms with van der Waals surface area (Å²) in [5, 5.41) is 13.0. The summed E-state index contributed by atoms with van der Waals surface area (Å²) in [6.07, 6.45) is 11.0. The zero-order valence-corrected chi connectivity index (χ0v) is 9.52. The van der Waals surface area contributed by atoms with Gasteiger partial charge in [-0.1, -0.05) is 19.3 Å². The monoisotopic (exact) mass is 221 g/mol. The lowest BCUT2D eigenvalue weighted by Crippen LogP contribution is -2.49. The van der Waals surface area contributed by atoms with E-state index in [1.807, 2.05) is 12.4 Å². The van der Waals surface area contributed by atoms with E-state index in [-0.39, 0.29) is 12.1 Å². The SMILES string of the molecule is OCC1(NCc2cncnc2)CCCCC1. The van der Waals surface area contributed by atoms with Crippen molar-refractivity contribution < 1.29 is 5.11 Å². The summed E-state index contributed by atoms with van der Waals surface area (Å²) in [4.78, 5) is 7.97. The Morgan fingerprint density at radius 2 is 1.88 bits per heavy atom. The van der Waals surface area contributed by atoms with Crippen molar-refractivity contribution in [3.05, 3.63) is 24.3 Å². The van der Waals surface area contributed by atoms with Crippen LogP contribution in [0.25, 0.3) is 0 Å². The van der Waals surface area contributed by atoms with Crippen LogP contribution >= 0.6 is 0 Å². The summed E-state index contributed by atoms with van der Waals surface area (Å²) >= 11 is 0. The molecule has 2 N–H and O–H groups in total. The van der Waals surface area contributed by atoms with Gasteiger partial charge in [-0.15, -0.1) is 0 Å². The Hall–Kier alpha value is -1.00. The average Bonchev–Trinajstić information content (AvgIpc) is 2.39. The maximum atomic E-state index is 9.53. The van der Waals surface area contributed by atoms with Crippen molar-refractivity contribution in [2.75, 3.05) is 6.61 Å². The molecule has 0 bridgehead atoms. The molecular formula is C12H19N3O. The molecule has 4 heteroatoms. The van der Waals surface area contributed by atoms with Gasteiger partial charge in [0.05, 0.1) is 6.61 Å². The number of hydrogen-bond acceptors (Lipinski definition) is 4. The average molecular weight is 221 g/mol. The number of aromatic nitrogens is 2. The molecule has 1 saturated carbocycles. The minimum atomic E-state index is -0.0753. The molecule has 0 unspecified atom stereocenters. The van der Waals surface area contributed by atoms with Gasteiger partial charge in [0.2, 0.25) is 0 Å². The first-order valence-corrected chi connectivity index (χ1v) is 5.94. The van der Waals surface area contributed by atoms with Gasteiger partial charge in [-0.3, -0.25) is 0 Å². The van der Waals surface area contributed by atoms with Crippen LogP contribution in [0.4, 0.5) is 0 Å². The highest BCUT2D eigenvalue weighted by atomic mass is 16.3. The maximum Gasteiger partial charge on any atom is 0.115 e. The Balaban J connectivity index is 1.92. The smallest absolute Gasteiger partial charge is 0.115 e. The molecule has 0 saturated heterocycles. The molecule has 1 fully saturated rings. The molecule has 0 aliphatic heterocycles. The van der Waals surface area contributed by atoms with Gasteiger partial charge < -0.3 is 10.4 Å². The number of rotatable bonds is 4. The molecule has 0 atom stereocenters. The van der Waals surface area contributed by atoms with Crippen molar-refractivity contribution in [3.8, 4) is 0 Å². The second kappa shape index (κ2) is 5.37. The molecule has 0 spiro atoms. The lowest BCUT2D eigenvalue weighted by Gasteiger charge is -2.36. The fraction of sp³-hybridized carbons (Fsp3) is 0.667. The molecule has 16 heavy (non-hydrogen) atoms. The van der Waals surface area contributed by atoms with E-state index in [9.17, 15) is 5.11 Å². The summed E-state index contributed by atoms with van der Waals surface area (Å²) in [5.41, 5.74) is 0.995. The fourth-order valence-electron chi connectivity index (χ4n) is 2.33. The minimum absolute atomic E-state index is 0.0753. The Labute approximate surface area is 96.1 Å².